The van der Waals surface area contributed by atoms with Gasteiger partial charge in [0.2, 0.25) is 0 Å². The van der Waals surface area contributed by atoms with Gasteiger partial charge >= 0.3 is 0 Å². The van der Waals surface area contributed by atoms with E-state index in [4.69, 9.17) is 0 Å². The van der Waals surface area contributed by atoms with Crippen LogP contribution in [0.15, 0.2) is 47.4 Å². The Labute approximate surface area is 159 Å². The zero-order chi connectivity index (χ0) is 19.6. The third kappa shape index (κ3) is 4.03. The van der Waals surface area contributed by atoms with E-state index >= 15 is 0 Å². The number of nitrogens with one attached hydrogen (secondary N) is 1. The van der Waals surface area contributed by atoms with E-state index in [-0.39, 0.29) is 16.6 Å². The highest BCUT2D eigenvalue weighted by Gasteiger charge is 2.25. The summed E-state index contributed by atoms with van der Waals surface area (Å²) in [7, 11) is -3.89. The second kappa shape index (κ2) is 7.52. The molecule has 3 rings (SSSR count). The van der Waals surface area contributed by atoms with Crippen molar-refractivity contribution >= 4 is 27.4 Å². The molecule has 0 aromatic heterocycles. The topological polar surface area (TPSA) is 83.5 Å². The van der Waals surface area contributed by atoms with Crippen molar-refractivity contribution in [3.05, 3.63) is 59.2 Å². The fourth-order valence-corrected chi connectivity index (χ4v) is 4.29. The number of Topliss-reactive ketones (excluding diaryl/α,β-unsaturated/α-hetero) is 1. The molecule has 0 aliphatic carbocycles. The summed E-state index contributed by atoms with van der Waals surface area (Å²) in [5, 5.41) is 0. The number of benzene rings is 2. The van der Waals surface area contributed by atoms with Crippen LogP contribution < -0.4 is 4.72 Å². The molecule has 0 unspecified atom stereocenters. The van der Waals surface area contributed by atoms with Crippen LogP contribution in [0.2, 0.25) is 0 Å². The smallest absolute Gasteiger partial charge is 0.261 e. The first-order valence-electron chi connectivity index (χ1n) is 8.82. The summed E-state index contributed by atoms with van der Waals surface area (Å²) in [5.74, 6) is -0.301. The third-order valence-corrected chi connectivity index (χ3v) is 6.07. The Morgan fingerprint density at radius 1 is 1.00 bits per heavy atom. The summed E-state index contributed by atoms with van der Waals surface area (Å²) in [4.78, 5) is 26.0. The second-order valence-corrected chi connectivity index (χ2v) is 8.37. The number of carbonyl (C=O) groups excluding carboxylic acids is 2. The molecule has 1 fully saturated rings. The maximum Gasteiger partial charge on any atom is 0.261 e. The van der Waals surface area contributed by atoms with Crippen molar-refractivity contribution in [2.24, 2.45) is 0 Å². The van der Waals surface area contributed by atoms with Gasteiger partial charge in [-0.25, -0.2) is 8.42 Å². The van der Waals surface area contributed by atoms with Crippen molar-refractivity contribution in [3.8, 4) is 0 Å². The van der Waals surface area contributed by atoms with Gasteiger partial charge in [-0.1, -0.05) is 24.3 Å². The molecule has 1 amide bonds. The molecule has 1 saturated heterocycles. The number of carbonyl (C=O) groups is 2. The van der Waals surface area contributed by atoms with Crippen molar-refractivity contribution in [1.29, 1.82) is 0 Å². The molecule has 1 N–H and O–H groups in total. The van der Waals surface area contributed by atoms with E-state index in [1.54, 1.807) is 30.0 Å². The van der Waals surface area contributed by atoms with Gasteiger partial charge in [0.05, 0.1) is 16.1 Å². The first-order chi connectivity index (χ1) is 12.8. The van der Waals surface area contributed by atoms with E-state index in [2.05, 4.69) is 4.72 Å². The number of hydrogen-bond acceptors (Lipinski definition) is 4. The minimum Gasteiger partial charge on any atom is -0.339 e. The summed E-state index contributed by atoms with van der Waals surface area (Å²) in [6.45, 7) is 4.56. The Kier molecular flexibility index (Phi) is 5.32. The molecule has 0 radical (unpaired) electrons. The van der Waals surface area contributed by atoms with E-state index < -0.39 is 10.0 Å². The first-order valence-corrected chi connectivity index (χ1v) is 10.3. The predicted molar refractivity (Wildman–Crippen MR) is 104 cm³/mol. The number of hydrogen-bond donors (Lipinski definition) is 1. The molecule has 7 heteroatoms. The van der Waals surface area contributed by atoms with Crippen LogP contribution in [-0.2, 0) is 10.0 Å². The predicted octanol–water partition coefficient (Wildman–Crippen LogP) is 3.23. The summed E-state index contributed by atoms with van der Waals surface area (Å²) in [5.41, 5.74) is 1.75. The number of aryl methyl sites for hydroxylation is 1. The average Bonchev–Trinajstić information content (AvgIpc) is 3.17. The maximum absolute atomic E-state index is 12.8. The van der Waals surface area contributed by atoms with Crippen LogP contribution in [-0.4, -0.2) is 38.1 Å². The lowest BCUT2D eigenvalue weighted by atomic mass is 10.1. The van der Waals surface area contributed by atoms with Gasteiger partial charge in [0.1, 0.15) is 0 Å². The van der Waals surface area contributed by atoms with E-state index in [0.717, 1.165) is 12.8 Å². The number of sulfonamides is 1. The summed E-state index contributed by atoms with van der Waals surface area (Å²) in [6, 6.07) is 10.9. The van der Waals surface area contributed by atoms with Crippen LogP contribution in [0.25, 0.3) is 0 Å². The zero-order valence-corrected chi connectivity index (χ0v) is 16.2. The lowest BCUT2D eigenvalue weighted by molar-refractivity contribution is 0.0793. The zero-order valence-electron chi connectivity index (χ0n) is 15.4. The number of likely N-dealkylation sites (tertiary alicyclic amines) is 1. The summed E-state index contributed by atoms with van der Waals surface area (Å²) >= 11 is 0. The van der Waals surface area contributed by atoms with E-state index in [9.17, 15) is 18.0 Å². The van der Waals surface area contributed by atoms with Crippen LogP contribution in [0.4, 0.5) is 5.69 Å². The molecular weight excluding hydrogens is 364 g/mol. The van der Waals surface area contributed by atoms with Gasteiger partial charge in [0, 0.05) is 18.7 Å². The van der Waals surface area contributed by atoms with Gasteiger partial charge in [-0.3, -0.25) is 14.3 Å². The normalized spacial score (nSPS) is 14.2. The minimum absolute atomic E-state index is 0.0373. The molecule has 6 nitrogen and oxygen atoms in total. The van der Waals surface area contributed by atoms with Crippen LogP contribution in [0.3, 0.4) is 0 Å². The van der Waals surface area contributed by atoms with Crippen LogP contribution >= 0.6 is 0 Å². The highest BCUT2D eigenvalue weighted by atomic mass is 32.2. The Morgan fingerprint density at radius 3 is 2.22 bits per heavy atom. The summed E-state index contributed by atoms with van der Waals surface area (Å²) < 4.78 is 28.2. The molecule has 1 aliphatic rings. The highest BCUT2D eigenvalue weighted by molar-refractivity contribution is 7.92. The molecule has 2 aromatic rings. The van der Waals surface area contributed by atoms with Crippen molar-refractivity contribution in [2.45, 2.75) is 31.6 Å². The molecule has 0 saturated carbocycles. The number of amides is 1. The van der Waals surface area contributed by atoms with Gasteiger partial charge in [0.25, 0.3) is 15.9 Å². The van der Waals surface area contributed by atoms with Crippen LogP contribution in [0, 0.1) is 6.92 Å². The summed E-state index contributed by atoms with van der Waals surface area (Å²) in [6.07, 6.45) is 1.92. The molecule has 0 spiro atoms. The number of rotatable bonds is 5. The Balaban J connectivity index is 1.94. The molecule has 142 valence electrons. The average molecular weight is 386 g/mol. The quantitative estimate of drug-likeness (QED) is 0.800. The number of ketones is 1. The molecule has 2 aromatic carbocycles. The van der Waals surface area contributed by atoms with Gasteiger partial charge in [0.15, 0.2) is 5.78 Å². The number of para-hydroxylation sites is 1. The van der Waals surface area contributed by atoms with Crippen molar-refractivity contribution in [1.82, 2.24) is 4.90 Å². The Hall–Kier alpha value is -2.67. The van der Waals surface area contributed by atoms with Gasteiger partial charge in [-0.05, 0) is 50.5 Å². The molecule has 1 heterocycles. The van der Waals surface area contributed by atoms with Gasteiger partial charge < -0.3 is 4.90 Å². The highest BCUT2D eigenvalue weighted by Crippen LogP contribution is 2.26. The fourth-order valence-electron chi connectivity index (χ4n) is 3.13. The Morgan fingerprint density at radius 2 is 1.63 bits per heavy atom. The number of nitrogens with zero attached hydrogens (tertiary/aromatic N) is 1. The first kappa shape index (κ1) is 19.1. The van der Waals surface area contributed by atoms with Gasteiger partial charge in [-0.2, -0.15) is 0 Å². The molecular formula is C20H22N2O4S. The molecule has 0 atom stereocenters. The number of anilines is 1. The SMILES string of the molecule is CC(=O)c1ccc(S(=O)(=O)Nc2c(C)cccc2C(=O)N2CCCC2)cc1. The van der Waals surface area contributed by atoms with Gasteiger partial charge in [-0.15, -0.1) is 0 Å². The third-order valence-electron chi connectivity index (χ3n) is 4.70. The molecule has 0 bridgehead atoms. The molecule has 1 aliphatic heterocycles. The lowest BCUT2D eigenvalue weighted by Gasteiger charge is -2.20. The van der Waals surface area contributed by atoms with E-state index in [1.807, 2.05) is 0 Å². The fraction of sp³-hybridized carbons (Fsp3) is 0.300. The van der Waals surface area contributed by atoms with Crippen molar-refractivity contribution in [2.75, 3.05) is 17.8 Å². The monoisotopic (exact) mass is 386 g/mol. The minimum atomic E-state index is -3.89. The second-order valence-electron chi connectivity index (χ2n) is 6.68. The van der Waals surface area contributed by atoms with Crippen molar-refractivity contribution in [3.63, 3.8) is 0 Å². The van der Waals surface area contributed by atoms with Crippen molar-refractivity contribution < 1.29 is 18.0 Å². The standard InChI is InChI=1S/C20H22N2O4S/c1-14-6-5-7-18(20(24)22-12-3-4-13-22)19(14)21-27(25,26)17-10-8-16(9-11-17)15(2)23/h5-11,21H,3-4,12-13H2,1-2H3. The maximum atomic E-state index is 12.8. The lowest BCUT2D eigenvalue weighted by Crippen LogP contribution is -2.29. The largest absolute Gasteiger partial charge is 0.339 e. The Bertz CT molecular complexity index is 976. The van der Waals surface area contributed by atoms with Crippen LogP contribution in [0.1, 0.15) is 46.0 Å². The van der Waals surface area contributed by atoms with E-state index in [1.165, 1.54) is 31.2 Å². The van der Waals surface area contributed by atoms with Crippen LogP contribution in [0.5, 0.6) is 0 Å². The molecule has 27 heavy (non-hydrogen) atoms. The van der Waals surface area contributed by atoms with E-state index in [0.29, 0.717) is 35.5 Å².